The van der Waals surface area contributed by atoms with Crippen LogP contribution in [0.3, 0.4) is 0 Å². The van der Waals surface area contributed by atoms with Crippen molar-refractivity contribution in [3.63, 3.8) is 0 Å². The lowest BCUT2D eigenvalue weighted by molar-refractivity contribution is -0.121. The molecule has 0 saturated carbocycles. The minimum Gasteiger partial charge on any atom is -0.352 e. The Morgan fingerprint density at radius 2 is 2.19 bits per heavy atom. The van der Waals surface area contributed by atoms with Crippen LogP contribution in [0.1, 0.15) is 49.4 Å². The van der Waals surface area contributed by atoms with Crippen LogP contribution in [-0.4, -0.2) is 30.9 Å². The normalized spacial score (nSPS) is 11.9. The molecule has 118 valence electrons. The minimum atomic E-state index is -0.0839. The Kier molecular flexibility index (Phi) is 8.69. The topological polar surface area (TPSA) is 84.2 Å². The van der Waals surface area contributed by atoms with Crippen LogP contribution in [0.15, 0.2) is 16.8 Å². The predicted octanol–water partition coefficient (Wildman–Crippen LogP) is 1.89. The second-order valence-corrected chi connectivity index (χ2v) is 5.79. The number of carbonyl (C=O) groups excluding carboxylic acids is 2. The highest BCUT2D eigenvalue weighted by molar-refractivity contribution is 7.08. The first-order valence-electron chi connectivity index (χ1n) is 7.47. The molecule has 0 aliphatic rings. The van der Waals surface area contributed by atoms with Gasteiger partial charge in [0.25, 0.3) is 5.91 Å². The highest BCUT2D eigenvalue weighted by Crippen LogP contribution is 2.05. The Bertz CT molecular complexity index is 421. The Labute approximate surface area is 130 Å². The number of nitrogens with one attached hydrogen (secondary N) is 2. The summed E-state index contributed by atoms with van der Waals surface area (Å²) in [5.41, 5.74) is 6.31. The zero-order valence-electron chi connectivity index (χ0n) is 12.6. The molecule has 0 radical (unpaired) electrons. The van der Waals surface area contributed by atoms with E-state index >= 15 is 0 Å². The molecule has 1 atom stereocenters. The summed E-state index contributed by atoms with van der Waals surface area (Å²) in [6.07, 6.45) is 4.13. The maximum absolute atomic E-state index is 11.8. The molecule has 1 unspecified atom stereocenters. The van der Waals surface area contributed by atoms with Crippen LogP contribution in [0.4, 0.5) is 0 Å². The maximum Gasteiger partial charge on any atom is 0.252 e. The summed E-state index contributed by atoms with van der Waals surface area (Å²) in [5, 5.41) is 9.42. The van der Waals surface area contributed by atoms with Gasteiger partial charge in [0, 0.05) is 36.5 Å². The summed E-state index contributed by atoms with van der Waals surface area (Å²) in [7, 11) is 0. The molecule has 0 aliphatic heterocycles. The Hall–Kier alpha value is -1.40. The van der Waals surface area contributed by atoms with Gasteiger partial charge in [-0.2, -0.15) is 11.3 Å². The lowest BCUT2D eigenvalue weighted by Gasteiger charge is -2.16. The lowest BCUT2D eigenvalue weighted by Crippen LogP contribution is -2.40. The molecule has 1 heterocycles. The summed E-state index contributed by atoms with van der Waals surface area (Å²) in [6, 6.07) is 1.85. The largest absolute Gasteiger partial charge is 0.352 e. The molecule has 0 aromatic carbocycles. The van der Waals surface area contributed by atoms with Crippen molar-refractivity contribution in [3.05, 3.63) is 22.4 Å². The zero-order valence-corrected chi connectivity index (χ0v) is 13.4. The molecular weight excluding hydrogens is 286 g/mol. The summed E-state index contributed by atoms with van der Waals surface area (Å²) in [6.45, 7) is 3.09. The smallest absolute Gasteiger partial charge is 0.252 e. The van der Waals surface area contributed by atoms with Crippen molar-refractivity contribution in [3.8, 4) is 0 Å². The predicted molar refractivity (Wildman–Crippen MR) is 86.4 cm³/mol. The van der Waals surface area contributed by atoms with Gasteiger partial charge < -0.3 is 16.4 Å². The van der Waals surface area contributed by atoms with Gasteiger partial charge in [0.05, 0.1) is 0 Å². The monoisotopic (exact) mass is 311 g/mol. The quantitative estimate of drug-likeness (QED) is 0.577. The van der Waals surface area contributed by atoms with Gasteiger partial charge in [-0.15, -0.1) is 0 Å². The van der Waals surface area contributed by atoms with Crippen LogP contribution in [0.5, 0.6) is 0 Å². The number of nitrogens with two attached hydrogens (primary N) is 1. The van der Waals surface area contributed by atoms with Gasteiger partial charge >= 0.3 is 0 Å². The summed E-state index contributed by atoms with van der Waals surface area (Å²) in [4.78, 5) is 23.4. The van der Waals surface area contributed by atoms with Crippen LogP contribution in [0.25, 0.3) is 0 Å². The Balaban J connectivity index is 2.14. The van der Waals surface area contributed by atoms with Crippen molar-refractivity contribution >= 4 is 23.2 Å². The Morgan fingerprint density at radius 1 is 1.38 bits per heavy atom. The first kappa shape index (κ1) is 17.7. The van der Waals surface area contributed by atoms with Gasteiger partial charge in [-0.1, -0.05) is 19.8 Å². The van der Waals surface area contributed by atoms with E-state index in [1.807, 2.05) is 10.8 Å². The number of unbranched alkanes of at least 4 members (excludes halogenated alkanes) is 1. The lowest BCUT2D eigenvalue weighted by atomic mass is 10.1. The molecule has 0 saturated heterocycles. The van der Waals surface area contributed by atoms with E-state index in [0.717, 1.165) is 19.3 Å². The number of hydrogen-bond donors (Lipinski definition) is 3. The van der Waals surface area contributed by atoms with E-state index in [0.29, 0.717) is 31.5 Å². The fourth-order valence-corrected chi connectivity index (χ4v) is 2.58. The maximum atomic E-state index is 11.8. The summed E-state index contributed by atoms with van der Waals surface area (Å²) in [5.74, 6) is -0.0780. The molecule has 0 bridgehead atoms. The molecule has 2 amide bonds. The van der Waals surface area contributed by atoms with Crippen LogP contribution < -0.4 is 16.4 Å². The molecule has 6 heteroatoms. The standard InChI is InChI=1S/C15H25N3O2S/c1-2-3-5-13(10-16)18-14(19)6-4-8-17-15(20)12-7-9-21-11-12/h7,9,11,13H,2-6,8,10,16H2,1H3,(H,17,20)(H,18,19). The number of hydrogen-bond acceptors (Lipinski definition) is 4. The Morgan fingerprint density at radius 3 is 2.81 bits per heavy atom. The van der Waals surface area contributed by atoms with Crippen LogP contribution in [0.2, 0.25) is 0 Å². The SMILES string of the molecule is CCCCC(CN)NC(=O)CCCNC(=O)c1ccsc1. The molecule has 21 heavy (non-hydrogen) atoms. The second kappa shape index (κ2) is 10.3. The van der Waals surface area contributed by atoms with E-state index in [-0.39, 0.29) is 17.9 Å². The van der Waals surface area contributed by atoms with Gasteiger partial charge in [-0.05, 0) is 24.3 Å². The number of amides is 2. The minimum absolute atomic E-state index is 0.00587. The third-order valence-electron chi connectivity index (χ3n) is 3.21. The van der Waals surface area contributed by atoms with Crippen LogP contribution in [0, 0.1) is 0 Å². The summed E-state index contributed by atoms with van der Waals surface area (Å²) >= 11 is 1.49. The van der Waals surface area contributed by atoms with Crippen molar-refractivity contribution < 1.29 is 9.59 Å². The van der Waals surface area contributed by atoms with E-state index in [9.17, 15) is 9.59 Å². The third-order valence-corrected chi connectivity index (χ3v) is 3.89. The molecule has 0 aliphatic carbocycles. The molecule has 1 aromatic rings. The first-order valence-corrected chi connectivity index (χ1v) is 8.41. The van der Waals surface area contributed by atoms with E-state index in [1.165, 1.54) is 11.3 Å². The van der Waals surface area contributed by atoms with Crippen LogP contribution >= 0.6 is 11.3 Å². The molecule has 1 aromatic heterocycles. The highest BCUT2D eigenvalue weighted by Gasteiger charge is 2.10. The van der Waals surface area contributed by atoms with E-state index in [1.54, 1.807) is 6.07 Å². The molecule has 1 rings (SSSR count). The molecule has 0 spiro atoms. The molecule has 5 nitrogen and oxygen atoms in total. The average molecular weight is 311 g/mol. The number of rotatable bonds is 10. The number of thiophene rings is 1. The van der Waals surface area contributed by atoms with E-state index in [2.05, 4.69) is 17.6 Å². The van der Waals surface area contributed by atoms with E-state index in [4.69, 9.17) is 5.73 Å². The van der Waals surface area contributed by atoms with Crippen molar-refractivity contribution in [1.29, 1.82) is 0 Å². The van der Waals surface area contributed by atoms with Crippen molar-refractivity contribution in [2.75, 3.05) is 13.1 Å². The molecule has 4 N–H and O–H groups in total. The van der Waals surface area contributed by atoms with Crippen molar-refractivity contribution in [2.45, 2.75) is 45.1 Å². The van der Waals surface area contributed by atoms with Gasteiger partial charge in [-0.25, -0.2) is 0 Å². The number of carbonyl (C=O) groups is 2. The van der Waals surface area contributed by atoms with Crippen molar-refractivity contribution in [1.82, 2.24) is 10.6 Å². The third kappa shape index (κ3) is 7.24. The first-order chi connectivity index (χ1) is 10.2. The van der Waals surface area contributed by atoms with Gasteiger partial charge in [0.2, 0.25) is 5.91 Å². The highest BCUT2D eigenvalue weighted by atomic mass is 32.1. The second-order valence-electron chi connectivity index (χ2n) is 5.01. The van der Waals surface area contributed by atoms with E-state index < -0.39 is 0 Å². The molecular formula is C15H25N3O2S. The van der Waals surface area contributed by atoms with Gasteiger partial charge in [0.15, 0.2) is 0 Å². The zero-order chi connectivity index (χ0) is 15.5. The van der Waals surface area contributed by atoms with Crippen molar-refractivity contribution in [2.24, 2.45) is 5.73 Å². The van der Waals surface area contributed by atoms with Gasteiger partial charge in [0.1, 0.15) is 0 Å². The van der Waals surface area contributed by atoms with Gasteiger partial charge in [-0.3, -0.25) is 9.59 Å². The fraction of sp³-hybridized carbons (Fsp3) is 0.600. The average Bonchev–Trinajstić information content (AvgIpc) is 3.02. The fourth-order valence-electron chi connectivity index (χ4n) is 1.95. The van der Waals surface area contributed by atoms with Crippen LogP contribution in [-0.2, 0) is 4.79 Å². The molecule has 0 fully saturated rings. The summed E-state index contributed by atoms with van der Waals surface area (Å²) < 4.78 is 0.